The minimum absolute atomic E-state index is 0.210. The van der Waals surface area contributed by atoms with Crippen molar-refractivity contribution >= 4 is 17.8 Å². The minimum atomic E-state index is -4.52. The van der Waals surface area contributed by atoms with Crippen molar-refractivity contribution in [3.05, 3.63) is 112 Å². The summed E-state index contributed by atoms with van der Waals surface area (Å²) in [6.07, 6.45) is -4.05. The van der Waals surface area contributed by atoms with Crippen LogP contribution in [0, 0.1) is 20.8 Å². The fourth-order valence-electron chi connectivity index (χ4n) is 4.47. The van der Waals surface area contributed by atoms with Crippen molar-refractivity contribution in [2.45, 2.75) is 51.4 Å². The van der Waals surface area contributed by atoms with E-state index in [9.17, 15) is 13.2 Å². The normalized spacial score (nSPS) is 12.3. The Bertz CT molecular complexity index is 1440. The SMILES string of the molecule is Cc1cc(C)c(SN(Cc2ccc(-c3cccc(C/C(N)=N/N)c3)cc2)Cc2ccc(C(F)(F)F)o2)c(C)c1. The van der Waals surface area contributed by atoms with Crippen LogP contribution in [0.25, 0.3) is 11.1 Å². The third kappa shape index (κ3) is 7.46. The molecule has 1 heterocycles. The molecule has 0 radical (unpaired) electrons. The molecule has 1 aromatic heterocycles. The molecule has 0 atom stereocenters. The Balaban J connectivity index is 1.57. The molecule has 39 heavy (non-hydrogen) atoms. The first kappa shape index (κ1) is 28.3. The zero-order valence-electron chi connectivity index (χ0n) is 22.0. The molecule has 5 nitrogen and oxygen atoms in total. The fraction of sp³-hybridized carbons (Fsp3) is 0.233. The van der Waals surface area contributed by atoms with Gasteiger partial charge in [-0.1, -0.05) is 66.2 Å². The topological polar surface area (TPSA) is 80.8 Å². The maximum Gasteiger partial charge on any atom is 0.449 e. The molecule has 0 amide bonds. The summed E-state index contributed by atoms with van der Waals surface area (Å²) in [6.45, 7) is 6.85. The Hall–Kier alpha value is -3.69. The second kappa shape index (κ2) is 12.0. The van der Waals surface area contributed by atoms with Crippen LogP contribution in [0.5, 0.6) is 0 Å². The summed E-state index contributed by atoms with van der Waals surface area (Å²) in [6, 6.07) is 22.7. The van der Waals surface area contributed by atoms with Gasteiger partial charge in [-0.2, -0.15) is 18.3 Å². The van der Waals surface area contributed by atoms with Crippen LogP contribution in [-0.2, 0) is 25.7 Å². The van der Waals surface area contributed by atoms with Crippen LogP contribution in [0.2, 0.25) is 0 Å². The van der Waals surface area contributed by atoms with Gasteiger partial charge in [-0.25, -0.2) is 4.31 Å². The Morgan fingerprint density at radius 2 is 1.56 bits per heavy atom. The molecule has 4 rings (SSSR count). The summed E-state index contributed by atoms with van der Waals surface area (Å²) in [4.78, 5) is 1.08. The zero-order chi connectivity index (χ0) is 28.2. The highest BCUT2D eigenvalue weighted by molar-refractivity contribution is 7.97. The fourth-order valence-corrected chi connectivity index (χ4v) is 5.54. The Morgan fingerprint density at radius 1 is 0.872 bits per heavy atom. The van der Waals surface area contributed by atoms with Crippen LogP contribution in [0.3, 0.4) is 0 Å². The number of amidine groups is 1. The van der Waals surface area contributed by atoms with E-state index in [2.05, 4.69) is 17.2 Å². The van der Waals surface area contributed by atoms with Gasteiger partial charge in [0.05, 0.1) is 6.54 Å². The minimum Gasteiger partial charge on any atom is -0.455 e. The van der Waals surface area contributed by atoms with E-state index in [1.165, 1.54) is 23.6 Å². The van der Waals surface area contributed by atoms with Gasteiger partial charge in [-0.15, -0.1) is 0 Å². The second-order valence-corrected chi connectivity index (χ2v) is 10.7. The molecule has 9 heteroatoms. The van der Waals surface area contributed by atoms with Crippen LogP contribution in [0.1, 0.15) is 39.3 Å². The van der Waals surface area contributed by atoms with Crippen molar-refractivity contribution in [1.29, 1.82) is 0 Å². The van der Waals surface area contributed by atoms with Crippen LogP contribution >= 0.6 is 11.9 Å². The van der Waals surface area contributed by atoms with Gasteiger partial charge in [0.1, 0.15) is 11.6 Å². The number of hydrogen-bond donors (Lipinski definition) is 2. The Kier molecular flexibility index (Phi) is 8.72. The van der Waals surface area contributed by atoms with Crippen LogP contribution in [0.4, 0.5) is 13.2 Å². The molecule has 0 bridgehead atoms. The molecule has 4 aromatic rings. The third-order valence-electron chi connectivity index (χ3n) is 6.22. The maximum absolute atomic E-state index is 13.1. The molecule has 0 aliphatic carbocycles. The van der Waals surface area contributed by atoms with E-state index < -0.39 is 11.9 Å². The van der Waals surface area contributed by atoms with Gasteiger partial charge in [-0.05, 0) is 78.2 Å². The molecule has 0 aliphatic rings. The number of nitrogens with zero attached hydrogens (tertiary/aromatic N) is 2. The largest absolute Gasteiger partial charge is 0.455 e. The van der Waals surface area contributed by atoms with E-state index in [0.717, 1.165) is 44.3 Å². The summed E-state index contributed by atoms with van der Waals surface area (Å²) in [7, 11) is 0. The summed E-state index contributed by atoms with van der Waals surface area (Å²) < 4.78 is 46.6. The van der Waals surface area contributed by atoms with Crippen LogP contribution < -0.4 is 11.6 Å². The monoisotopic (exact) mass is 552 g/mol. The standard InChI is InChI=1S/C30H31F3N4OS/c1-19-13-20(2)29(21(3)14-19)39-37(18-26-11-12-27(38-26)30(31,32)33)17-22-7-9-24(10-8-22)25-6-4-5-23(15-25)16-28(34)36-35/h4-15H,16-18,35H2,1-3H3,(H2,34,36). The Labute approximate surface area is 230 Å². The third-order valence-corrected chi connectivity index (χ3v) is 7.57. The summed E-state index contributed by atoms with van der Waals surface area (Å²) in [5.74, 6) is 4.89. The summed E-state index contributed by atoms with van der Waals surface area (Å²) >= 11 is 1.53. The number of rotatable bonds is 9. The molecule has 4 N–H and O–H groups in total. The van der Waals surface area contributed by atoms with Gasteiger partial charge < -0.3 is 16.0 Å². The number of hydrazone groups is 1. The van der Waals surface area contributed by atoms with Gasteiger partial charge in [0.25, 0.3) is 0 Å². The van der Waals surface area contributed by atoms with E-state index in [1.807, 2.05) is 73.6 Å². The molecule has 0 fully saturated rings. The lowest BCUT2D eigenvalue weighted by Gasteiger charge is -2.23. The van der Waals surface area contributed by atoms with E-state index in [0.29, 0.717) is 18.8 Å². The first-order valence-electron chi connectivity index (χ1n) is 12.4. The van der Waals surface area contributed by atoms with Gasteiger partial charge >= 0.3 is 6.18 Å². The predicted octanol–water partition coefficient (Wildman–Crippen LogP) is 7.37. The molecule has 0 unspecified atom stereocenters. The van der Waals surface area contributed by atoms with Crippen LogP contribution in [0.15, 0.2) is 87.2 Å². The number of furan rings is 1. The molecule has 204 valence electrons. The van der Waals surface area contributed by atoms with E-state index >= 15 is 0 Å². The number of aryl methyl sites for hydroxylation is 3. The highest BCUT2D eigenvalue weighted by atomic mass is 32.2. The molecular weight excluding hydrogens is 521 g/mol. The van der Waals surface area contributed by atoms with Gasteiger partial charge in [0, 0.05) is 17.9 Å². The second-order valence-electron chi connectivity index (χ2n) is 9.58. The smallest absolute Gasteiger partial charge is 0.449 e. The van der Waals surface area contributed by atoms with E-state index in [4.69, 9.17) is 16.0 Å². The highest BCUT2D eigenvalue weighted by Gasteiger charge is 2.35. The van der Waals surface area contributed by atoms with Gasteiger partial charge in [-0.3, -0.25) is 0 Å². The lowest BCUT2D eigenvalue weighted by atomic mass is 10.0. The first-order chi connectivity index (χ1) is 18.5. The summed E-state index contributed by atoms with van der Waals surface area (Å²) in [5.41, 5.74) is 13.3. The maximum atomic E-state index is 13.1. The average Bonchev–Trinajstić information content (AvgIpc) is 3.36. The van der Waals surface area contributed by atoms with Crippen molar-refractivity contribution in [3.63, 3.8) is 0 Å². The van der Waals surface area contributed by atoms with Crippen molar-refractivity contribution in [1.82, 2.24) is 4.31 Å². The summed E-state index contributed by atoms with van der Waals surface area (Å²) in [5, 5.41) is 3.54. The number of nitrogens with two attached hydrogens (primary N) is 2. The molecule has 3 aromatic carbocycles. The molecule has 0 spiro atoms. The van der Waals surface area contributed by atoms with Crippen molar-refractivity contribution in [2.24, 2.45) is 16.7 Å². The van der Waals surface area contributed by atoms with Crippen molar-refractivity contribution < 1.29 is 17.6 Å². The number of hydrogen-bond acceptors (Lipinski definition) is 5. The zero-order valence-corrected chi connectivity index (χ0v) is 22.9. The van der Waals surface area contributed by atoms with Gasteiger partial charge in [0.15, 0.2) is 0 Å². The number of alkyl halides is 3. The van der Waals surface area contributed by atoms with E-state index in [-0.39, 0.29) is 12.3 Å². The molecular formula is C30H31F3N4OS. The number of benzene rings is 3. The van der Waals surface area contributed by atoms with Gasteiger partial charge in [0.2, 0.25) is 5.76 Å². The van der Waals surface area contributed by atoms with Crippen LogP contribution in [-0.4, -0.2) is 10.1 Å². The Morgan fingerprint density at radius 3 is 2.18 bits per heavy atom. The molecule has 0 aliphatic heterocycles. The lowest BCUT2D eigenvalue weighted by Crippen LogP contribution is -2.16. The van der Waals surface area contributed by atoms with Crippen molar-refractivity contribution in [2.75, 3.05) is 0 Å². The van der Waals surface area contributed by atoms with E-state index in [1.54, 1.807) is 0 Å². The number of halogens is 3. The first-order valence-corrected chi connectivity index (χ1v) is 13.2. The average molecular weight is 553 g/mol. The quantitative estimate of drug-likeness (QED) is 0.0745. The predicted molar refractivity (Wildman–Crippen MR) is 151 cm³/mol. The van der Waals surface area contributed by atoms with Crippen molar-refractivity contribution in [3.8, 4) is 11.1 Å². The highest BCUT2D eigenvalue weighted by Crippen LogP contribution is 2.35. The molecule has 0 saturated heterocycles. The lowest BCUT2D eigenvalue weighted by molar-refractivity contribution is -0.153. The molecule has 0 saturated carbocycles.